The summed E-state index contributed by atoms with van der Waals surface area (Å²) < 4.78 is 26.1. The van der Waals surface area contributed by atoms with Gasteiger partial charge in [-0.05, 0) is 19.4 Å². The minimum Gasteiger partial charge on any atom is -0.316 e. The molecule has 0 saturated carbocycles. The van der Waals surface area contributed by atoms with E-state index in [4.69, 9.17) is 0 Å². The van der Waals surface area contributed by atoms with Crippen molar-refractivity contribution in [2.24, 2.45) is 11.8 Å². The van der Waals surface area contributed by atoms with Crippen LogP contribution in [0, 0.1) is 5.92 Å². The Hall–Kier alpha value is -0.260. The molecule has 12 heavy (non-hydrogen) atoms. The Morgan fingerprint density at radius 3 is 2.83 bits per heavy atom. The standard InChI is InChI=1S/C7H14F2N2O/c8-7(9,5-12-10)6-2-1-3-11-4-6/h6,11H,1-5,10H2. The highest BCUT2D eigenvalue weighted by Crippen LogP contribution is 2.29. The van der Waals surface area contributed by atoms with Crippen LogP contribution in [-0.2, 0) is 4.84 Å². The van der Waals surface area contributed by atoms with E-state index in [0.717, 1.165) is 13.0 Å². The third kappa shape index (κ3) is 2.36. The number of hydrogen-bond donors (Lipinski definition) is 2. The molecule has 0 aliphatic carbocycles. The lowest BCUT2D eigenvalue weighted by Gasteiger charge is -2.29. The van der Waals surface area contributed by atoms with Gasteiger partial charge in [-0.3, -0.25) is 4.84 Å². The van der Waals surface area contributed by atoms with Crippen molar-refractivity contribution in [3.8, 4) is 0 Å². The molecule has 0 aromatic carbocycles. The van der Waals surface area contributed by atoms with Crippen LogP contribution in [0.5, 0.6) is 0 Å². The van der Waals surface area contributed by atoms with Gasteiger partial charge in [0.1, 0.15) is 6.61 Å². The minimum atomic E-state index is -2.79. The van der Waals surface area contributed by atoms with E-state index in [1.165, 1.54) is 0 Å². The van der Waals surface area contributed by atoms with Crippen molar-refractivity contribution in [3.63, 3.8) is 0 Å². The van der Waals surface area contributed by atoms with Gasteiger partial charge in [-0.1, -0.05) is 0 Å². The molecule has 1 aliphatic rings. The van der Waals surface area contributed by atoms with Crippen LogP contribution in [-0.4, -0.2) is 25.6 Å². The van der Waals surface area contributed by atoms with Crippen LogP contribution in [0.2, 0.25) is 0 Å². The molecule has 0 radical (unpaired) electrons. The van der Waals surface area contributed by atoms with Crippen molar-refractivity contribution in [3.05, 3.63) is 0 Å². The summed E-state index contributed by atoms with van der Waals surface area (Å²) in [6.07, 6.45) is 1.34. The zero-order valence-electron chi connectivity index (χ0n) is 6.85. The highest BCUT2D eigenvalue weighted by Gasteiger charge is 2.40. The Balaban J connectivity index is 2.41. The minimum absolute atomic E-state index is 0.357. The lowest BCUT2D eigenvalue weighted by molar-refractivity contribution is -0.122. The first-order valence-corrected chi connectivity index (χ1v) is 4.07. The fourth-order valence-corrected chi connectivity index (χ4v) is 1.44. The summed E-state index contributed by atoms with van der Waals surface area (Å²) in [4.78, 5) is 3.98. The van der Waals surface area contributed by atoms with Crippen LogP contribution >= 0.6 is 0 Å². The molecule has 0 spiro atoms. The number of piperidine rings is 1. The molecule has 5 heteroatoms. The molecule has 3 N–H and O–H groups in total. The molecule has 1 saturated heterocycles. The van der Waals surface area contributed by atoms with Crippen molar-refractivity contribution in [1.82, 2.24) is 5.32 Å². The average Bonchev–Trinajstić information content (AvgIpc) is 2.06. The summed E-state index contributed by atoms with van der Waals surface area (Å²) in [6.45, 7) is 0.506. The number of nitrogens with one attached hydrogen (secondary N) is 1. The Morgan fingerprint density at radius 2 is 2.33 bits per heavy atom. The third-order valence-electron chi connectivity index (χ3n) is 2.17. The molecule has 0 bridgehead atoms. The average molecular weight is 180 g/mol. The molecular weight excluding hydrogens is 166 g/mol. The van der Waals surface area contributed by atoms with Crippen molar-refractivity contribution >= 4 is 0 Å². The zero-order chi connectivity index (χ0) is 9.03. The molecule has 1 heterocycles. The van der Waals surface area contributed by atoms with Crippen molar-refractivity contribution < 1.29 is 13.6 Å². The normalized spacial score (nSPS) is 25.8. The quantitative estimate of drug-likeness (QED) is 0.622. The van der Waals surface area contributed by atoms with E-state index in [9.17, 15) is 8.78 Å². The van der Waals surface area contributed by atoms with Crippen molar-refractivity contribution in [2.45, 2.75) is 18.8 Å². The third-order valence-corrected chi connectivity index (χ3v) is 2.17. The van der Waals surface area contributed by atoms with Gasteiger partial charge in [-0.15, -0.1) is 0 Å². The first-order chi connectivity index (χ1) is 5.67. The second-order valence-corrected chi connectivity index (χ2v) is 3.12. The van der Waals surface area contributed by atoms with Gasteiger partial charge in [0, 0.05) is 12.5 Å². The maximum absolute atomic E-state index is 13.1. The number of nitrogens with two attached hydrogens (primary N) is 1. The van der Waals surface area contributed by atoms with Gasteiger partial charge < -0.3 is 5.32 Å². The van der Waals surface area contributed by atoms with E-state index >= 15 is 0 Å². The molecule has 1 fully saturated rings. The lowest BCUT2D eigenvalue weighted by atomic mass is 9.93. The van der Waals surface area contributed by atoms with Gasteiger partial charge in [0.05, 0.1) is 0 Å². The van der Waals surface area contributed by atoms with E-state index in [-0.39, 0.29) is 0 Å². The Bertz CT molecular complexity index is 137. The highest BCUT2D eigenvalue weighted by atomic mass is 19.3. The van der Waals surface area contributed by atoms with E-state index in [1.807, 2.05) is 0 Å². The van der Waals surface area contributed by atoms with Crippen LogP contribution < -0.4 is 11.2 Å². The molecule has 1 aliphatic heterocycles. The summed E-state index contributed by atoms with van der Waals surface area (Å²) in [5.74, 6) is 1.20. The molecule has 3 nitrogen and oxygen atoms in total. The summed E-state index contributed by atoms with van der Waals surface area (Å²) in [5.41, 5.74) is 0. The summed E-state index contributed by atoms with van der Waals surface area (Å²) in [5, 5.41) is 2.92. The van der Waals surface area contributed by atoms with Gasteiger partial charge in [0.2, 0.25) is 0 Å². The predicted molar refractivity (Wildman–Crippen MR) is 40.7 cm³/mol. The highest BCUT2D eigenvalue weighted by molar-refractivity contribution is 4.81. The molecule has 0 amide bonds. The summed E-state index contributed by atoms with van der Waals surface area (Å²) in [7, 11) is 0. The Kier molecular flexibility index (Phi) is 3.37. The summed E-state index contributed by atoms with van der Waals surface area (Å²) in [6, 6.07) is 0. The van der Waals surface area contributed by atoms with Crippen molar-refractivity contribution in [2.75, 3.05) is 19.7 Å². The first kappa shape index (κ1) is 9.83. The maximum atomic E-state index is 13.1. The maximum Gasteiger partial charge on any atom is 0.276 e. The van der Waals surface area contributed by atoms with Gasteiger partial charge >= 0.3 is 0 Å². The van der Waals surface area contributed by atoms with Gasteiger partial charge in [0.15, 0.2) is 0 Å². The van der Waals surface area contributed by atoms with Gasteiger partial charge in [0.25, 0.3) is 5.92 Å². The zero-order valence-corrected chi connectivity index (χ0v) is 6.85. The van der Waals surface area contributed by atoms with Crippen LogP contribution in [0.4, 0.5) is 8.78 Å². The summed E-state index contributed by atoms with van der Waals surface area (Å²) >= 11 is 0. The fourth-order valence-electron chi connectivity index (χ4n) is 1.44. The fraction of sp³-hybridized carbons (Fsp3) is 1.00. The number of hydrogen-bond acceptors (Lipinski definition) is 3. The van der Waals surface area contributed by atoms with Gasteiger partial charge in [-0.2, -0.15) is 0 Å². The molecule has 1 rings (SSSR count). The van der Waals surface area contributed by atoms with Crippen LogP contribution in [0.15, 0.2) is 0 Å². The molecule has 1 unspecified atom stereocenters. The van der Waals surface area contributed by atoms with Crippen LogP contribution in [0.1, 0.15) is 12.8 Å². The number of halogens is 2. The molecule has 72 valence electrons. The molecule has 1 atom stereocenters. The molecule has 0 aromatic rings. The lowest BCUT2D eigenvalue weighted by Crippen LogP contribution is -2.43. The largest absolute Gasteiger partial charge is 0.316 e. The second kappa shape index (κ2) is 4.11. The van der Waals surface area contributed by atoms with Crippen molar-refractivity contribution in [1.29, 1.82) is 0 Å². The number of alkyl halides is 2. The molecular formula is C7H14F2N2O. The monoisotopic (exact) mass is 180 g/mol. The van der Waals surface area contributed by atoms with Gasteiger partial charge in [-0.25, -0.2) is 14.7 Å². The Labute approximate surface area is 70.2 Å². The Morgan fingerprint density at radius 1 is 1.58 bits per heavy atom. The van der Waals surface area contributed by atoms with Crippen LogP contribution in [0.3, 0.4) is 0 Å². The topological polar surface area (TPSA) is 47.3 Å². The van der Waals surface area contributed by atoms with E-state index < -0.39 is 18.4 Å². The van der Waals surface area contributed by atoms with E-state index in [2.05, 4.69) is 16.1 Å². The molecule has 0 aromatic heterocycles. The number of rotatable bonds is 3. The predicted octanol–water partition coefficient (Wildman–Crippen LogP) is 0.512. The van der Waals surface area contributed by atoms with E-state index in [0.29, 0.717) is 13.0 Å². The van der Waals surface area contributed by atoms with Crippen LogP contribution in [0.25, 0.3) is 0 Å². The smallest absolute Gasteiger partial charge is 0.276 e. The van der Waals surface area contributed by atoms with E-state index in [1.54, 1.807) is 0 Å². The SMILES string of the molecule is NOCC(F)(F)C1CCCNC1. The second-order valence-electron chi connectivity index (χ2n) is 3.12. The first-order valence-electron chi connectivity index (χ1n) is 4.07.